The molecule has 22 heteroatoms. The molecule has 0 saturated heterocycles. The van der Waals surface area contributed by atoms with Crippen LogP contribution in [0.15, 0.2) is 94.6 Å². The maximum absolute atomic E-state index is 11.3. The fraction of sp³-hybridized carbons (Fsp3) is 0.286. The molecule has 64 heavy (non-hydrogen) atoms. The van der Waals surface area contributed by atoms with Crippen LogP contribution in [-0.4, -0.2) is 73.1 Å². The number of nitrogens with one attached hydrogen (secondary N) is 2. The van der Waals surface area contributed by atoms with Crippen LogP contribution in [0.25, 0.3) is 55.2 Å². The van der Waals surface area contributed by atoms with Crippen molar-refractivity contribution in [1.82, 2.24) is 73.1 Å². The minimum atomic E-state index is -0.0515. The number of aromatic amines is 2. The van der Waals surface area contributed by atoms with E-state index in [0.717, 1.165) is 58.7 Å². The average molecular weight is 1050 g/mol. The van der Waals surface area contributed by atoms with Crippen LogP contribution >= 0.6 is 66.7 Å². The molecule has 17 nitrogen and oxygen atoms in total. The summed E-state index contributed by atoms with van der Waals surface area (Å²) < 4.78 is 10.6. The maximum Gasteiger partial charge on any atom is 0.260 e. The molecule has 0 bridgehead atoms. The molecule has 326 valence electrons. The summed E-state index contributed by atoms with van der Waals surface area (Å²) in [5.74, 6) is 0.543. The molecule has 10 aromatic rings. The molecule has 4 N–H and O–H groups in total. The summed E-state index contributed by atoms with van der Waals surface area (Å²) in [6, 6.07) is 8.09. The largest absolute Gasteiger partial charge is 0.383 e. The zero-order valence-corrected chi connectivity index (χ0v) is 39.1. The van der Waals surface area contributed by atoms with Crippen molar-refractivity contribution in [3.8, 4) is 0 Å². The molecule has 0 aliphatic heterocycles. The van der Waals surface area contributed by atoms with Gasteiger partial charge in [-0.2, -0.15) is 0 Å². The number of aromatic nitrogens is 15. The lowest BCUT2D eigenvalue weighted by molar-refractivity contribution is 0.764. The van der Waals surface area contributed by atoms with Crippen molar-refractivity contribution in [3.63, 3.8) is 0 Å². The Labute approximate surface area is 395 Å². The second-order valence-corrected chi connectivity index (χ2v) is 18.5. The Morgan fingerprint density at radius 2 is 1.02 bits per heavy atom. The van der Waals surface area contributed by atoms with E-state index in [2.05, 4.69) is 105 Å². The molecule has 4 fully saturated rings. The van der Waals surface area contributed by atoms with Crippen molar-refractivity contribution < 1.29 is 0 Å². The summed E-state index contributed by atoms with van der Waals surface area (Å²) in [6.07, 6.45) is 27.2. The fourth-order valence-electron chi connectivity index (χ4n) is 7.39. The highest BCUT2D eigenvalue weighted by molar-refractivity contribution is 9.11. The monoisotopic (exact) mass is 1040 g/mol. The van der Waals surface area contributed by atoms with Crippen LogP contribution in [0.4, 0.5) is 5.82 Å². The third-order valence-electron chi connectivity index (χ3n) is 11.2. The topological polar surface area (TPSA) is 210 Å². The van der Waals surface area contributed by atoms with Crippen molar-refractivity contribution in [2.75, 3.05) is 5.73 Å². The van der Waals surface area contributed by atoms with E-state index in [9.17, 15) is 4.79 Å². The third kappa shape index (κ3) is 8.83. The van der Waals surface area contributed by atoms with E-state index in [1.165, 1.54) is 83.0 Å². The summed E-state index contributed by atoms with van der Waals surface area (Å²) in [7, 11) is 0. The molecule has 0 atom stereocenters. The summed E-state index contributed by atoms with van der Waals surface area (Å²) in [6.45, 7) is 0. The van der Waals surface area contributed by atoms with Crippen LogP contribution in [0, 0.1) is 0 Å². The van der Waals surface area contributed by atoms with E-state index in [4.69, 9.17) is 40.5 Å². The van der Waals surface area contributed by atoms with E-state index in [0.29, 0.717) is 50.8 Å². The van der Waals surface area contributed by atoms with Gasteiger partial charge in [-0.15, -0.1) is 0 Å². The van der Waals surface area contributed by atoms with E-state index in [1.54, 1.807) is 6.20 Å². The molecule has 10 heterocycles. The number of anilines is 1. The summed E-state index contributed by atoms with van der Waals surface area (Å²) >= 11 is 24.6. The first-order chi connectivity index (χ1) is 31.1. The number of halogens is 5. The number of fused-ring (bicyclic) bond motifs is 5. The Hall–Kier alpha value is -5.47. The number of nitrogens with zero attached hydrogens (tertiary/aromatic N) is 13. The molecule has 0 radical (unpaired) electrons. The lowest BCUT2D eigenvalue weighted by Crippen LogP contribution is -2.06. The molecule has 10 aromatic heterocycles. The predicted octanol–water partition coefficient (Wildman–Crippen LogP) is 10.4. The van der Waals surface area contributed by atoms with Gasteiger partial charge >= 0.3 is 0 Å². The van der Waals surface area contributed by atoms with Crippen molar-refractivity contribution >= 4 is 128 Å². The molecule has 4 aliphatic carbocycles. The van der Waals surface area contributed by atoms with Gasteiger partial charge in [0, 0.05) is 64.1 Å². The van der Waals surface area contributed by atoms with E-state index < -0.39 is 0 Å². The van der Waals surface area contributed by atoms with Gasteiger partial charge in [0.05, 0.1) is 33.3 Å². The Balaban J connectivity index is 0.0000000950. The Morgan fingerprint density at radius 1 is 0.531 bits per heavy atom. The van der Waals surface area contributed by atoms with Crippen molar-refractivity contribution in [2.24, 2.45) is 0 Å². The van der Waals surface area contributed by atoms with Crippen LogP contribution in [0.5, 0.6) is 0 Å². The average Bonchev–Trinajstić information content (AvgIpc) is 4.19. The lowest BCUT2D eigenvalue weighted by atomic mass is 10.4. The normalized spacial score (nSPS) is 15.6. The zero-order chi connectivity index (χ0) is 44.1. The number of nitrogen functional groups attached to an aromatic ring is 1. The second-order valence-electron chi connectivity index (χ2n) is 15.7. The molecule has 0 unspecified atom stereocenters. The minimum Gasteiger partial charge on any atom is -0.383 e. The molecule has 0 amide bonds. The maximum atomic E-state index is 11.3. The number of H-pyrrole nitrogens is 2. The summed E-state index contributed by atoms with van der Waals surface area (Å²) in [4.78, 5) is 53.4. The van der Waals surface area contributed by atoms with Crippen LogP contribution in [0.3, 0.4) is 0 Å². The van der Waals surface area contributed by atoms with Gasteiger partial charge in [-0.1, -0.05) is 34.8 Å². The summed E-state index contributed by atoms with van der Waals surface area (Å²) in [5.41, 5.74) is 10.2. The molecule has 0 aromatic carbocycles. The van der Waals surface area contributed by atoms with Gasteiger partial charge in [-0.05, 0) is 101 Å². The standard InChI is InChI=1S/C9H7BrClN3.C9H9BrN4.C9H8ClN3.C9H9N3O.C6H4ClN3/c2*10-6-3-14(5-1-2-5)9-7(6)8(11)12-4-13-9;10-8-7-3-4-13(6-1-2-6)9(7)12-5-11-8;13-9-7-3-4-12(6-1-2-6)8(7)10-5-11-9;7-5-4-1-2-8-6(4)10-3-9-5/h3-5H,1-2H2;3-5H,1-2H2,(H2,11,12,13);3-6H,1-2H2;3-6H,1-2H2,(H,10,11,13);1-3H,(H,8,9,10). The third-order valence-corrected chi connectivity index (χ3v) is 13.2. The minimum absolute atomic E-state index is 0.0515. The number of hydrogen-bond acceptors (Lipinski definition) is 11. The van der Waals surface area contributed by atoms with Crippen molar-refractivity contribution in [2.45, 2.75) is 75.5 Å². The smallest absolute Gasteiger partial charge is 0.260 e. The van der Waals surface area contributed by atoms with Crippen molar-refractivity contribution in [3.05, 3.63) is 116 Å². The number of hydrogen-bond donors (Lipinski definition) is 3. The summed E-state index contributed by atoms with van der Waals surface area (Å²) in [5, 5.41) is 5.91. The fourth-order valence-corrected chi connectivity index (χ4v) is 9.30. The van der Waals surface area contributed by atoms with Crippen LogP contribution in [-0.2, 0) is 0 Å². The van der Waals surface area contributed by atoms with Gasteiger partial charge in [0.1, 0.15) is 74.8 Å². The second kappa shape index (κ2) is 17.8. The molecule has 0 spiro atoms. The highest BCUT2D eigenvalue weighted by Crippen LogP contribution is 2.42. The van der Waals surface area contributed by atoms with E-state index in [-0.39, 0.29) is 5.56 Å². The molecule has 4 saturated carbocycles. The van der Waals surface area contributed by atoms with Gasteiger partial charge in [0.15, 0.2) is 0 Å². The van der Waals surface area contributed by atoms with Crippen LogP contribution in [0.1, 0.15) is 75.5 Å². The zero-order valence-electron chi connectivity index (χ0n) is 33.7. The van der Waals surface area contributed by atoms with Crippen LogP contribution < -0.4 is 11.3 Å². The predicted molar refractivity (Wildman–Crippen MR) is 255 cm³/mol. The molecule has 4 aliphatic rings. The highest BCUT2D eigenvalue weighted by atomic mass is 79.9. The first-order valence-electron chi connectivity index (χ1n) is 20.5. The van der Waals surface area contributed by atoms with Gasteiger partial charge in [0.2, 0.25) is 0 Å². The Kier molecular flexibility index (Phi) is 11.8. The molecular formula is C42H37Br2Cl3N16O. The first kappa shape index (κ1) is 42.5. The SMILES string of the molecule is Clc1ncnc2[nH]ccc12.Clc1ncnc2c1c(Br)cn2C1CC1.Clc1ncnc2c1ccn2C1CC1.Nc1ncnc2c1c(Br)cn2C1CC1.O=c1[nH]cnc2c1ccn2C1CC1. The highest BCUT2D eigenvalue weighted by Gasteiger charge is 2.29. The number of nitrogens with two attached hydrogens (primary N) is 1. The van der Waals surface area contributed by atoms with E-state index in [1.807, 2.05) is 43.0 Å². The van der Waals surface area contributed by atoms with E-state index >= 15 is 0 Å². The van der Waals surface area contributed by atoms with Gasteiger partial charge in [-0.25, -0.2) is 44.9 Å². The number of rotatable bonds is 4. The van der Waals surface area contributed by atoms with Gasteiger partial charge in [0.25, 0.3) is 5.56 Å². The molecule has 14 rings (SSSR count). The lowest BCUT2D eigenvalue weighted by Gasteiger charge is -2.00. The Morgan fingerprint density at radius 3 is 1.62 bits per heavy atom. The van der Waals surface area contributed by atoms with Gasteiger partial charge in [-0.3, -0.25) is 4.79 Å². The first-order valence-corrected chi connectivity index (χ1v) is 23.2. The Bertz CT molecular complexity index is 3270. The van der Waals surface area contributed by atoms with Crippen LogP contribution in [0.2, 0.25) is 15.5 Å². The van der Waals surface area contributed by atoms with Gasteiger partial charge < -0.3 is 34.0 Å². The van der Waals surface area contributed by atoms with Crippen molar-refractivity contribution in [1.29, 1.82) is 0 Å². The molecular weight excluding hydrogens is 1010 g/mol. The quantitative estimate of drug-likeness (QED) is 0.141.